The highest BCUT2D eigenvalue weighted by molar-refractivity contribution is 9.10. The molecule has 0 aromatic heterocycles. The van der Waals surface area contributed by atoms with Gasteiger partial charge in [0, 0.05) is 17.4 Å². The summed E-state index contributed by atoms with van der Waals surface area (Å²) in [6, 6.07) is 15.2. The minimum atomic E-state index is -0.517. The first kappa shape index (κ1) is 16.1. The zero-order chi connectivity index (χ0) is 17.4. The summed E-state index contributed by atoms with van der Waals surface area (Å²) in [5.74, 6) is -0.234. The van der Waals surface area contributed by atoms with E-state index in [2.05, 4.69) is 21.2 Å². The van der Waals surface area contributed by atoms with Crippen molar-refractivity contribution in [3.63, 3.8) is 0 Å². The van der Waals surface area contributed by atoms with Gasteiger partial charge in [-0.15, -0.1) is 0 Å². The fourth-order valence-electron chi connectivity index (χ4n) is 3.42. The maximum Gasteiger partial charge on any atom is 0.268 e. The summed E-state index contributed by atoms with van der Waals surface area (Å²) in [4.78, 5) is 27.3. The van der Waals surface area contributed by atoms with E-state index in [0.29, 0.717) is 18.7 Å². The Morgan fingerprint density at radius 3 is 2.68 bits per heavy atom. The van der Waals surface area contributed by atoms with Gasteiger partial charge in [-0.05, 0) is 35.3 Å². The van der Waals surface area contributed by atoms with E-state index in [0.717, 1.165) is 27.6 Å². The van der Waals surface area contributed by atoms with E-state index >= 15 is 0 Å². The van der Waals surface area contributed by atoms with Crippen molar-refractivity contribution in [3.05, 3.63) is 75.4 Å². The third-order valence-corrected chi connectivity index (χ3v) is 5.40. The first-order valence-electron chi connectivity index (χ1n) is 8.29. The minimum absolute atomic E-state index is 0.0429. The van der Waals surface area contributed by atoms with Crippen LogP contribution in [0.4, 0.5) is 0 Å². The summed E-state index contributed by atoms with van der Waals surface area (Å²) < 4.78 is 0.936. The van der Waals surface area contributed by atoms with Crippen LogP contribution in [0.5, 0.6) is 0 Å². The molecule has 1 fully saturated rings. The van der Waals surface area contributed by atoms with Gasteiger partial charge in [0.2, 0.25) is 5.91 Å². The molecule has 1 N–H and O–H groups in total. The largest absolute Gasteiger partial charge is 0.339 e. The summed E-state index contributed by atoms with van der Waals surface area (Å²) in [6.07, 6.45) is 3.05. The van der Waals surface area contributed by atoms with E-state index in [4.69, 9.17) is 0 Å². The molecule has 4 nitrogen and oxygen atoms in total. The highest BCUT2D eigenvalue weighted by atomic mass is 79.9. The van der Waals surface area contributed by atoms with Crippen LogP contribution in [0, 0.1) is 0 Å². The third kappa shape index (κ3) is 3.00. The monoisotopic (exact) mass is 396 g/mol. The molecule has 2 aromatic rings. The molecule has 0 spiro atoms. The number of fused-ring (bicyclic) bond motifs is 2. The smallest absolute Gasteiger partial charge is 0.268 e. The number of piperazine rings is 1. The molecule has 126 valence electrons. The quantitative estimate of drug-likeness (QED) is 0.848. The van der Waals surface area contributed by atoms with Crippen molar-refractivity contribution in [2.45, 2.75) is 18.9 Å². The Labute approximate surface area is 154 Å². The second kappa shape index (κ2) is 6.48. The molecular formula is C20H17BrN2O2. The van der Waals surface area contributed by atoms with Crippen molar-refractivity contribution in [3.8, 4) is 0 Å². The Kier molecular flexibility index (Phi) is 4.17. The Bertz CT molecular complexity index is 877. The average molecular weight is 397 g/mol. The summed E-state index contributed by atoms with van der Waals surface area (Å²) in [6.45, 7) is 0.521. The van der Waals surface area contributed by atoms with Gasteiger partial charge in [-0.25, -0.2) is 0 Å². The van der Waals surface area contributed by atoms with E-state index in [9.17, 15) is 9.59 Å². The molecule has 0 bridgehead atoms. The molecule has 0 radical (unpaired) electrons. The number of benzene rings is 2. The van der Waals surface area contributed by atoms with Crippen molar-refractivity contribution in [2.24, 2.45) is 0 Å². The lowest BCUT2D eigenvalue weighted by molar-refractivity contribution is -0.139. The van der Waals surface area contributed by atoms with Gasteiger partial charge in [0.25, 0.3) is 5.91 Å². The normalized spacial score (nSPS) is 19.5. The van der Waals surface area contributed by atoms with Crippen molar-refractivity contribution in [1.82, 2.24) is 10.2 Å². The standard InChI is InChI=1S/C20H17BrN2O2/c21-16-8-4-7-14-9-10-23-18(12-15(14)16)19(24)22-17(20(23)25)11-13-5-2-1-3-6-13/h1-8,12,17H,9-11H2,(H,22,24). The van der Waals surface area contributed by atoms with Crippen LogP contribution in [0.1, 0.15) is 16.7 Å². The minimum Gasteiger partial charge on any atom is -0.339 e. The number of carbonyl (C=O) groups excluding carboxylic acids is 2. The van der Waals surface area contributed by atoms with Gasteiger partial charge in [0.1, 0.15) is 11.7 Å². The molecule has 1 atom stereocenters. The van der Waals surface area contributed by atoms with Gasteiger partial charge < -0.3 is 10.2 Å². The Balaban J connectivity index is 1.66. The van der Waals surface area contributed by atoms with Gasteiger partial charge in [0.05, 0.1) is 0 Å². The number of halogens is 1. The van der Waals surface area contributed by atoms with E-state index < -0.39 is 6.04 Å². The van der Waals surface area contributed by atoms with Gasteiger partial charge in [-0.3, -0.25) is 9.59 Å². The van der Waals surface area contributed by atoms with Crippen molar-refractivity contribution < 1.29 is 9.59 Å². The highest BCUT2D eigenvalue weighted by Gasteiger charge is 2.37. The third-order valence-electron chi connectivity index (χ3n) is 4.70. The first-order valence-corrected chi connectivity index (χ1v) is 9.08. The van der Waals surface area contributed by atoms with E-state index in [1.165, 1.54) is 0 Å². The van der Waals surface area contributed by atoms with E-state index in [-0.39, 0.29) is 11.8 Å². The fraction of sp³-hybridized carbons (Fsp3) is 0.200. The second-order valence-corrected chi connectivity index (χ2v) is 7.15. The van der Waals surface area contributed by atoms with Crippen LogP contribution >= 0.6 is 15.9 Å². The summed E-state index contributed by atoms with van der Waals surface area (Å²) in [5.41, 5.74) is 3.58. The van der Waals surface area contributed by atoms with Gasteiger partial charge in [0.15, 0.2) is 0 Å². The van der Waals surface area contributed by atoms with E-state index in [1.54, 1.807) is 4.90 Å². The number of hydrogen-bond acceptors (Lipinski definition) is 2. The van der Waals surface area contributed by atoms with Crippen molar-refractivity contribution in [2.75, 3.05) is 6.54 Å². The van der Waals surface area contributed by atoms with Crippen LogP contribution in [0.3, 0.4) is 0 Å². The lowest BCUT2D eigenvalue weighted by Gasteiger charge is -2.33. The van der Waals surface area contributed by atoms with Crippen molar-refractivity contribution in [1.29, 1.82) is 0 Å². The Hall–Kier alpha value is -2.40. The Morgan fingerprint density at radius 2 is 1.88 bits per heavy atom. The van der Waals surface area contributed by atoms with Crippen LogP contribution < -0.4 is 5.32 Å². The average Bonchev–Trinajstić information content (AvgIpc) is 2.82. The lowest BCUT2D eigenvalue weighted by atomic mass is 10.0. The van der Waals surface area contributed by atoms with Crippen molar-refractivity contribution >= 4 is 33.8 Å². The number of nitrogens with zero attached hydrogens (tertiary/aromatic N) is 1. The molecule has 2 aliphatic heterocycles. The molecular weight excluding hydrogens is 380 g/mol. The predicted octanol–water partition coefficient (Wildman–Crippen LogP) is 2.92. The molecule has 25 heavy (non-hydrogen) atoms. The zero-order valence-electron chi connectivity index (χ0n) is 13.5. The molecule has 2 aliphatic rings. The highest BCUT2D eigenvalue weighted by Crippen LogP contribution is 2.29. The molecule has 5 heteroatoms. The first-order chi connectivity index (χ1) is 12.1. The molecule has 2 amide bonds. The molecule has 4 rings (SSSR count). The SMILES string of the molecule is O=C1NC(Cc2ccccc2)C(=O)N2CCc3cccc(Br)c3C=C12. The predicted molar refractivity (Wildman–Crippen MR) is 99.6 cm³/mol. The number of hydrogen-bond donors (Lipinski definition) is 1. The van der Waals surface area contributed by atoms with Crippen LogP contribution in [0.25, 0.3) is 6.08 Å². The summed E-state index contributed by atoms with van der Waals surface area (Å²) in [7, 11) is 0. The van der Waals surface area contributed by atoms with E-state index in [1.807, 2.05) is 54.6 Å². The lowest BCUT2D eigenvalue weighted by Crippen LogP contribution is -2.57. The van der Waals surface area contributed by atoms with Gasteiger partial charge in [-0.2, -0.15) is 0 Å². The van der Waals surface area contributed by atoms with Gasteiger partial charge in [-0.1, -0.05) is 58.4 Å². The van der Waals surface area contributed by atoms with Crippen LogP contribution in [-0.2, 0) is 22.4 Å². The van der Waals surface area contributed by atoms with Crippen LogP contribution in [-0.4, -0.2) is 29.3 Å². The zero-order valence-corrected chi connectivity index (χ0v) is 15.1. The maximum atomic E-state index is 13.0. The number of carbonyl (C=O) groups is 2. The second-order valence-electron chi connectivity index (χ2n) is 6.30. The number of nitrogens with one attached hydrogen (secondary N) is 1. The van der Waals surface area contributed by atoms with Gasteiger partial charge >= 0.3 is 0 Å². The number of rotatable bonds is 2. The molecule has 2 heterocycles. The van der Waals surface area contributed by atoms with Crippen LogP contribution in [0.2, 0.25) is 0 Å². The topological polar surface area (TPSA) is 49.4 Å². The number of amides is 2. The molecule has 2 aromatic carbocycles. The molecule has 0 aliphatic carbocycles. The molecule has 1 unspecified atom stereocenters. The summed E-state index contributed by atoms with van der Waals surface area (Å²) >= 11 is 3.54. The Morgan fingerprint density at radius 1 is 1.08 bits per heavy atom. The van der Waals surface area contributed by atoms with Crippen LogP contribution in [0.15, 0.2) is 58.7 Å². The summed E-state index contributed by atoms with van der Waals surface area (Å²) in [5, 5.41) is 2.88. The molecule has 0 saturated carbocycles. The fourth-order valence-corrected chi connectivity index (χ4v) is 3.94. The maximum absolute atomic E-state index is 13.0. The molecule has 1 saturated heterocycles.